The minimum atomic E-state index is -0.133. The highest BCUT2D eigenvalue weighted by Gasteiger charge is 2.13. The van der Waals surface area contributed by atoms with Crippen LogP contribution >= 0.6 is 11.3 Å². The quantitative estimate of drug-likeness (QED) is 0.841. The van der Waals surface area contributed by atoms with Crippen molar-refractivity contribution in [2.45, 2.75) is 19.4 Å². The van der Waals surface area contributed by atoms with E-state index < -0.39 is 0 Å². The third-order valence-corrected chi connectivity index (χ3v) is 2.66. The van der Waals surface area contributed by atoms with Crippen LogP contribution in [0.3, 0.4) is 0 Å². The Labute approximate surface area is 85.7 Å². The predicted octanol–water partition coefficient (Wildman–Crippen LogP) is 2.21. The molecule has 0 saturated carbocycles. The van der Waals surface area contributed by atoms with Crippen LogP contribution in [0.5, 0.6) is 0 Å². The largest absolute Gasteiger partial charge is 0.334 e. The fourth-order valence-electron chi connectivity index (χ4n) is 1.07. The number of hydrogen-bond donors (Lipinski definition) is 1. The molecule has 5 heteroatoms. The van der Waals surface area contributed by atoms with Gasteiger partial charge in [0.1, 0.15) is 0 Å². The lowest BCUT2D eigenvalue weighted by Crippen LogP contribution is -2.10. The first-order chi connectivity index (χ1) is 6.81. The van der Waals surface area contributed by atoms with Gasteiger partial charge in [-0.05, 0) is 17.9 Å². The molecular formula is C9H11N3OS. The minimum absolute atomic E-state index is 0.133. The first-order valence-corrected chi connectivity index (χ1v) is 5.37. The molecule has 0 spiro atoms. The highest BCUT2D eigenvalue weighted by molar-refractivity contribution is 7.08. The fraction of sp³-hybridized carbons (Fsp3) is 0.333. The summed E-state index contributed by atoms with van der Waals surface area (Å²) in [4.78, 5) is 4.23. The lowest BCUT2D eigenvalue weighted by molar-refractivity contribution is 0.415. The first-order valence-electron chi connectivity index (χ1n) is 4.43. The van der Waals surface area contributed by atoms with E-state index >= 15 is 0 Å². The number of thiophene rings is 1. The number of rotatable bonds is 3. The Balaban J connectivity index is 2.26. The van der Waals surface area contributed by atoms with Gasteiger partial charge in [-0.3, -0.25) is 0 Å². The normalized spacial score (nSPS) is 13.0. The average Bonchev–Trinajstić information content (AvgIpc) is 2.86. The molecule has 1 atom stereocenters. The Morgan fingerprint density at radius 1 is 1.64 bits per heavy atom. The van der Waals surface area contributed by atoms with Crippen LogP contribution < -0.4 is 5.73 Å². The zero-order valence-corrected chi connectivity index (χ0v) is 8.62. The molecule has 0 radical (unpaired) electrons. The Morgan fingerprint density at radius 3 is 3.14 bits per heavy atom. The van der Waals surface area contributed by atoms with Gasteiger partial charge in [0.2, 0.25) is 0 Å². The molecule has 0 aromatic carbocycles. The Kier molecular flexibility index (Phi) is 2.60. The standard InChI is InChI=1S/C9H11N3OS/c1-2-7(10)8-11-9(13-12-8)6-3-4-14-5-6/h3-5,7H,2,10H2,1H3. The zero-order valence-electron chi connectivity index (χ0n) is 7.80. The maximum absolute atomic E-state index is 5.78. The lowest BCUT2D eigenvalue weighted by atomic mass is 10.2. The van der Waals surface area contributed by atoms with E-state index in [9.17, 15) is 0 Å². The molecule has 2 aromatic heterocycles. The molecular weight excluding hydrogens is 198 g/mol. The summed E-state index contributed by atoms with van der Waals surface area (Å²) in [6, 6.07) is 1.81. The molecule has 2 heterocycles. The molecule has 74 valence electrons. The molecule has 4 nitrogen and oxygen atoms in total. The predicted molar refractivity (Wildman–Crippen MR) is 54.8 cm³/mol. The average molecular weight is 209 g/mol. The second-order valence-corrected chi connectivity index (χ2v) is 3.76. The number of nitrogens with two attached hydrogens (primary N) is 1. The Hall–Kier alpha value is -1.20. The van der Waals surface area contributed by atoms with Gasteiger partial charge in [0, 0.05) is 5.38 Å². The number of nitrogens with zero attached hydrogens (tertiary/aromatic N) is 2. The number of hydrogen-bond acceptors (Lipinski definition) is 5. The van der Waals surface area contributed by atoms with Crippen LogP contribution in [0.1, 0.15) is 25.2 Å². The van der Waals surface area contributed by atoms with Crippen LogP contribution in [0.2, 0.25) is 0 Å². The van der Waals surface area contributed by atoms with Crippen molar-refractivity contribution in [1.29, 1.82) is 0 Å². The van der Waals surface area contributed by atoms with Crippen LogP contribution in [0, 0.1) is 0 Å². The molecule has 0 amide bonds. The fourth-order valence-corrected chi connectivity index (χ4v) is 1.70. The van der Waals surface area contributed by atoms with Crippen LogP contribution in [-0.2, 0) is 0 Å². The van der Waals surface area contributed by atoms with Crippen molar-refractivity contribution in [3.05, 3.63) is 22.7 Å². The topological polar surface area (TPSA) is 64.9 Å². The van der Waals surface area contributed by atoms with Gasteiger partial charge < -0.3 is 10.3 Å². The maximum atomic E-state index is 5.78. The van der Waals surface area contributed by atoms with E-state index in [2.05, 4.69) is 10.1 Å². The van der Waals surface area contributed by atoms with Gasteiger partial charge in [-0.15, -0.1) is 0 Å². The third-order valence-electron chi connectivity index (χ3n) is 1.98. The monoisotopic (exact) mass is 209 g/mol. The van der Waals surface area contributed by atoms with Crippen molar-refractivity contribution in [3.8, 4) is 11.5 Å². The maximum Gasteiger partial charge on any atom is 0.258 e. The van der Waals surface area contributed by atoms with Gasteiger partial charge in [-0.1, -0.05) is 12.1 Å². The van der Waals surface area contributed by atoms with Crippen LogP contribution in [-0.4, -0.2) is 10.1 Å². The summed E-state index contributed by atoms with van der Waals surface area (Å²) in [5, 5.41) is 7.77. The Morgan fingerprint density at radius 2 is 2.50 bits per heavy atom. The summed E-state index contributed by atoms with van der Waals surface area (Å²) in [7, 11) is 0. The summed E-state index contributed by atoms with van der Waals surface area (Å²) in [5.41, 5.74) is 6.73. The van der Waals surface area contributed by atoms with Crippen LogP contribution in [0.4, 0.5) is 0 Å². The molecule has 0 bridgehead atoms. The SMILES string of the molecule is CCC(N)c1noc(-c2ccsc2)n1. The molecule has 1 unspecified atom stereocenters. The lowest BCUT2D eigenvalue weighted by Gasteiger charge is -1.98. The van der Waals surface area contributed by atoms with Crippen molar-refractivity contribution in [2.24, 2.45) is 5.73 Å². The van der Waals surface area contributed by atoms with Gasteiger partial charge >= 0.3 is 0 Å². The van der Waals surface area contributed by atoms with Crippen molar-refractivity contribution in [3.63, 3.8) is 0 Å². The smallest absolute Gasteiger partial charge is 0.258 e. The van der Waals surface area contributed by atoms with E-state index in [4.69, 9.17) is 10.3 Å². The van der Waals surface area contributed by atoms with Gasteiger partial charge in [0.15, 0.2) is 5.82 Å². The van der Waals surface area contributed by atoms with Crippen LogP contribution in [0.15, 0.2) is 21.3 Å². The molecule has 2 aromatic rings. The van der Waals surface area contributed by atoms with E-state index in [1.54, 1.807) is 11.3 Å². The summed E-state index contributed by atoms with van der Waals surface area (Å²) in [6.45, 7) is 1.99. The molecule has 0 aliphatic carbocycles. The van der Waals surface area contributed by atoms with Crippen molar-refractivity contribution >= 4 is 11.3 Å². The summed E-state index contributed by atoms with van der Waals surface area (Å²) in [5.74, 6) is 1.12. The Bertz CT molecular complexity index is 396. The summed E-state index contributed by atoms with van der Waals surface area (Å²) >= 11 is 1.60. The van der Waals surface area contributed by atoms with Gasteiger partial charge in [0.05, 0.1) is 11.6 Å². The van der Waals surface area contributed by atoms with Crippen molar-refractivity contribution in [2.75, 3.05) is 0 Å². The third kappa shape index (κ3) is 1.69. The van der Waals surface area contributed by atoms with Gasteiger partial charge in [-0.2, -0.15) is 16.3 Å². The summed E-state index contributed by atoms with van der Waals surface area (Å²) < 4.78 is 5.10. The van der Waals surface area contributed by atoms with Gasteiger partial charge in [-0.25, -0.2) is 0 Å². The molecule has 0 saturated heterocycles. The highest BCUT2D eigenvalue weighted by atomic mass is 32.1. The van der Waals surface area contributed by atoms with Crippen molar-refractivity contribution in [1.82, 2.24) is 10.1 Å². The zero-order chi connectivity index (χ0) is 9.97. The van der Waals surface area contributed by atoms with E-state index in [0.717, 1.165) is 12.0 Å². The molecule has 0 aliphatic rings. The van der Waals surface area contributed by atoms with E-state index in [-0.39, 0.29) is 6.04 Å². The molecule has 0 fully saturated rings. The van der Waals surface area contributed by atoms with E-state index in [1.165, 1.54) is 0 Å². The summed E-state index contributed by atoms with van der Waals surface area (Å²) in [6.07, 6.45) is 0.808. The molecule has 2 rings (SSSR count). The van der Waals surface area contributed by atoms with Crippen LogP contribution in [0.25, 0.3) is 11.5 Å². The van der Waals surface area contributed by atoms with E-state index in [1.807, 2.05) is 23.8 Å². The molecule has 0 aliphatic heterocycles. The van der Waals surface area contributed by atoms with E-state index in [0.29, 0.717) is 11.7 Å². The second-order valence-electron chi connectivity index (χ2n) is 2.98. The second kappa shape index (κ2) is 3.89. The molecule has 14 heavy (non-hydrogen) atoms. The van der Waals surface area contributed by atoms with Crippen molar-refractivity contribution < 1.29 is 4.52 Å². The number of aromatic nitrogens is 2. The minimum Gasteiger partial charge on any atom is -0.334 e. The first kappa shape index (κ1) is 9.36. The molecule has 2 N–H and O–H groups in total. The van der Waals surface area contributed by atoms with Gasteiger partial charge in [0.25, 0.3) is 5.89 Å². The highest BCUT2D eigenvalue weighted by Crippen LogP contribution is 2.21.